The van der Waals surface area contributed by atoms with E-state index in [0.717, 1.165) is 37.3 Å². The summed E-state index contributed by atoms with van der Waals surface area (Å²) in [5.41, 5.74) is 3.71. The molecule has 30 heavy (non-hydrogen) atoms. The number of rotatable bonds is 3. The van der Waals surface area contributed by atoms with Crippen LogP contribution in [0.2, 0.25) is 0 Å². The third-order valence-corrected chi connectivity index (χ3v) is 6.63. The largest absolute Gasteiger partial charge is 0.355 e. The number of amides is 3. The Kier molecular flexibility index (Phi) is 4.81. The van der Waals surface area contributed by atoms with Gasteiger partial charge in [-0.1, -0.05) is 30.3 Å². The third kappa shape index (κ3) is 3.72. The van der Waals surface area contributed by atoms with Crippen molar-refractivity contribution in [3.8, 4) is 0 Å². The van der Waals surface area contributed by atoms with Gasteiger partial charge in [-0.3, -0.25) is 4.79 Å². The molecule has 2 aromatic rings. The van der Waals surface area contributed by atoms with Crippen molar-refractivity contribution in [3.63, 3.8) is 0 Å². The Morgan fingerprint density at radius 1 is 1.17 bits per heavy atom. The lowest BCUT2D eigenvalue weighted by Gasteiger charge is -2.29. The second kappa shape index (κ2) is 7.63. The Morgan fingerprint density at radius 3 is 2.80 bits per heavy atom. The minimum Gasteiger partial charge on any atom is -0.355 e. The Bertz CT molecular complexity index is 960. The first kappa shape index (κ1) is 18.9. The molecule has 1 spiro atoms. The first-order chi connectivity index (χ1) is 14.6. The first-order valence-electron chi connectivity index (χ1n) is 10.7. The normalized spacial score (nSPS) is 22.9. The summed E-state index contributed by atoms with van der Waals surface area (Å²) in [7, 11) is 0. The highest BCUT2D eigenvalue weighted by Gasteiger charge is 2.45. The van der Waals surface area contributed by atoms with E-state index in [9.17, 15) is 9.59 Å². The van der Waals surface area contributed by atoms with E-state index >= 15 is 0 Å². The van der Waals surface area contributed by atoms with Crippen molar-refractivity contribution in [1.82, 2.24) is 20.5 Å². The van der Waals surface area contributed by atoms with E-state index in [2.05, 4.69) is 44.8 Å². The van der Waals surface area contributed by atoms with Crippen molar-refractivity contribution in [2.24, 2.45) is 5.41 Å². The molecule has 4 heterocycles. The summed E-state index contributed by atoms with van der Waals surface area (Å²) in [6, 6.07) is 12.6. The van der Waals surface area contributed by atoms with Gasteiger partial charge in [-0.05, 0) is 35.6 Å². The third-order valence-electron chi connectivity index (χ3n) is 6.63. The Morgan fingerprint density at radius 2 is 2.03 bits per heavy atom. The molecule has 2 fully saturated rings. The number of anilines is 1. The fourth-order valence-corrected chi connectivity index (χ4v) is 4.84. The molecule has 1 aromatic heterocycles. The maximum Gasteiger partial charge on any atom is 0.317 e. The summed E-state index contributed by atoms with van der Waals surface area (Å²) in [6.45, 7) is 4.33. The van der Waals surface area contributed by atoms with Crippen LogP contribution < -0.4 is 15.5 Å². The summed E-state index contributed by atoms with van der Waals surface area (Å²) in [6.07, 6.45) is 4.30. The minimum atomic E-state index is -0.0667. The molecule has 1 unspecified atom stereocenters. The summed E-state index contributed by atoms with van der Waals surface area (Å²) in [5.74, 6) is 1.07. The topological polar surface area (TPSA) is 77.6 Å². The predicted molar refractivity (Wildman–Crippen MR) is 114 cm³/mol. The van der Waals surface area contributed by atoms with E-state index in [-0.39, 0.29) is 17.4 Å². The highest BCUT2D eigenvalue weighted by molar-refractivity contribution is 5.80. The van der Waals surface area contributed by atoms with E-state index in [1.807, 2.05) is 23.2 Å². The van der Waals surface area contributed by atoms with Gasteiger partial charge in [-0.15, -0.1) is 0 Å². The zero-order chi connectivity index (χ0) is 20.6. The smallest absolute Gasteiger partial charge is 0.317 e. The molecular weight excluding hydrogens is 378 g/mol. The van der Waals surface area contributed by atoms with E-state index in [0.29, 0.717) is 32.6 Å². The molecule has 3 amide bonds. The zero-order valence-electron chi connectivity index (χ0n) is 17.1. The van der Waals surface area contributed by atoms with Gasteiger partial charge in [-0.2, -0.15) is 0 Å². The van der Waals surface area contributed by atoms with Gasteiger partial charge in [0.2, 0.25) is 5.91 Å². The van der Waals surface area contributed by atoms with Crippen molar-refractivity contribution in [2.45, 2.75) is 32.4 Å². The van der Waals surface area contributed by atoms with Crippen LogP contribution in [0.15, 0.2) is 42.6 Å². The van der Waals surface area contributed by atoms with E-state index < -0.39 is 0 Å². The molecule has 0 radical (unpaired) electrons. The van der Waals surface area contributed by atoms with Crippen molar-refractivity contribution in [1.29, 1.82) is 0 Å². The number of carbonyl (C=O) groups is 2. The number of aromatic nitrogens is 1. The van der Waals surface area contributed by atoms with Crippen LogP contribution in [0.25, 0.3) is 0 Å². The number of hydrogen-bond donors (Lipinski definition) is 2. The molecule has 0 bridgehead atoms. The first-order valence-corrected chi connectivity index (χ1v) is 10.7. The molecular formula is C23H27N5O2. The van der Waals surface area contributed by atoms with E-state index in [4.69, 9.17) is 0 Å². The lowest BCUT2D eigenvalue weighted by atomic mass is 9.86. The lowest BCUT2D eigenvalue weighted by Crippen LogP contribution is -2.40. The van der Waals surface area contributed by atoms with Gasteiger partial charge in [0, 0.05) is 57.3 Å². The van der Waals surface area contributed by atoms with Gasteiger partial charge in [0.05, 0.1) is 0 Å². The van der Waals surface area contributed by atoms with Crippen LogP contribution in [0.3, 0.4) is 0 Å². The molecule has 3 aliphatic rings. The second-order valence-electron chi connectivity index (χ2n) is 8.75. The number of hydrogen-bond acceptors (Lipinski definition) is 4. The fraction of sp³-hybridized carbons (Fsp3) is 0.435. The van der Waals surface area contributed by atoms with Crippen molar-refractivity contribution in [2.75, 3.05) is 31.1 Å². The quantitative estimate of drug-likeness (QED) is 0.820. The van der Waals surface area contributed by atoms with Crippen LogP contribution in [0.4, 0.5) is 10.6 Å². The fourth-order valence-electron chi connectivity index (χ4n) is 4.84. The average Bonchev–Trinajstić information content (AvgIpc) is 3.37. The van der Waals surface area contributed by atoms with E-state index in [1.165, 1.54) is 11.1 Å². The van der Waals surface area contributed by atoms with Crippen LogP contribution in [-0.4, -0.2) is 48.0 Å². The zero-order valence-corrected chi connectivity index (χ0v) is 17.1. The van der Waals surface area contributed by atoms with Crippen LogP contribution >= 0.6 is 0 Å². The number of fused-ring (bicyclic) bond motifs is 1. The van der Waals surface area contributed by atoms with Crippen LogP contribution in [0, 0.1) is 5.41 Å². The van der Waals surface area contributed by atoms with Crippen LogP contribution in [0.1, 0.15) is 29.5 Å². The average molecular weight is 406 g/mol. The number of likely N-dealkylation sites (tertiary alicyclic amines) is 1. The van der Waals surface area contributed by atoms with Gasteiger partial charge in [-0.25, -0.2) is 9.78 Å². The van der Waals surface area contributed by atoms with Crippen molar-refractivity contribution < 1.29 is 9.59 Å². The molecule has 3 aliphatic heterocycles. The lowest BCUT2D eigenvalue weighted by molar-refractivity contribution is -0.119. The van der Waals surface area contributed by atoms with Gasteiger partial charge in [0.15, 0.2) is 0 Å². The van der Waals surface area contributed by atoms with Gasteiger partial charge < -0.3 is 20.4 Å². The molecule has 7 heteroatoms. The maximum absolute atomic E-state index is 12.6. The molecule has 0 saturated carbocycles. The summed E-state index contributed by atoms with van der Waals surface area (Å²) >= 11 is 0. The van der Waals surface area contributed by atoms with Crippen molar-refractivity contribution >= 4 is 17.8 Å². The molecule has 2 N–H and O–H groups in total. The van der Waals surface area contributed by atoms with Crippen LogP contribution in [-0.2, 0) is 24.3 Å². The van der Waals surface area contributed by atoms with Gasteiger partial charge >= 0.3 is 6.03 Å². The summed E-state index contributed by atoms with van der Waals surface area (Å²) in [4.78, 5) is 32.9. The Hall–Kier alpha value is -3.09. The molecule has 1 aromatic carbocycles. The molecule has 7 nitrogen and oxygen atoms in total. The standard InChI is InChI=1S/C23H27N5O2/c29-21-11-23(15-26-21)8-10-28(16-23)22(30)25-13-17-5-6-20(24-12-17)27-9-7-18-3-1-2-4-19(18)14-27/h1-6,12H,7-11,13-16H2,(H,25,30)(H,26,29). The van der Waals surface area contributed by atoms with Crippen LogP contribution in [0.5, 0.6) is 0 Å². The number of benzene rings is 1. The highest BCUT2D eigenvalue weighted by Crippen LogP contribution is 2.36. The molecule has 156 valence electrons. The second-order valence-corrected chi connectivity index (χ2v) is 8.75. The number of pyridine rings is 1. The number of nitrogens with one attached hydrogen (secondary N) is 2. The van der Waals surface area contributed by atoms with E-state index in [1.54, 1.807) is 0 Å². The number of urea groups is 1. The predicted octanol–water partition coefficient (Wildman–Crippen LogP) is 2.07. The SMILES string of the molecule is O=C1CC2(CCN(C(=O)NCc3ccc(N4CCc5ccccc5C4)nc3)C2)CN1. The minimum absolute atomic E-state index is 0.0648. The monoisotopic (exact) mass is 405 g/mol. The Labute approximate surface area is 176 Å². The number of nitrogens with zero attached hydrogens (tertiary/aromatic N) is 3. The van der Waals surface area contributed by atoms with Crippen molar-refractivity contribution in [3.05, 3.63) is 59.3 Å². The molecule has 5 rings (SSSR count). The molecule has 0 aliphatic carbocycles. The molecule has 1 atom stereocenters. The highest BCUT2D eigenvalue weighted by atomic mass is 16.2. The van der Waals surface area contributed by atoms with Gasteiger partial charge in [0.25, 0.3) is 0 Å². The maximum atomic E-state index is 12.6. The number of carbonyl (C=O) groups excluding carboxylic acids is 2. The molecule has 2 saturated heterocycles. The van der Waals surface area contributed by atoms with Gasteiger partial charge in [0.1, 0.15) is 5.82 Å². The Balaban J connectivity index is 1.14. The summed E-state index contributed by atoms with van der Waals surface area (Å²) in [5, 5.41) is 5.90. The summed E-state index contributed by atoms with van der Waals surface area (Å²) < 4.78 is 0.